The Kier molecular flexibility index (Phi) is 3.04. The number of nitrogens with zero attached hydrogens (tertiary/aromatic N) is 1. The van der Waals surface area contributed by atoms with Gasteiger partial charge in [-0.15, -0.1) is 11.3 Å². The van der Waals surface area contributed by atoms with E-state index >= 15 is 0 Å². The van der Waals surface area contributed by atoms with Gasteiger partial charge < -0.3 is 5.11 Å². The zero-order chi connectivity index (χ0) is 9.84. The van der Waals surface area contributed by atoms with E-state index in [4.69, 9.17) is 10.4 Å². The predicted molar refractivity (Wildman–Crippen MR) is 49.5 cm³/mol. The Morgan fingerprint density at radius 3 is 2.85 bits per heavy atom. The van der Waals surface area contributed by atoms with Crippen molar-refractivity contribution in [2.24, 2.45) is 5.92 Å². The zero-order valence-electron chi connectivity index (χ0n) is 7.15. The van der Waals surface area contributed by atoms with Crippen molar-refractivity contribution in [3.8, 4) is 6.07 Å². The first-order valence-electron chi connectivity index (χ1n) is 3.81. The van der Waals surface area contributed by atoms with Crippen LogP contribution in [0, 0.1) is 24.2 Å². The molecule has 0 aliphatic heterocycles. The second kappa shape index (κ2) is 4.06. The minimum absolute atomic E-state index is 0.310. The Hall–Kier alpha value is -1.34. The fraction of sp³-hybridized carbons (Fsp3) is 0.333. The lowest BCUT2D eigenvalue weighted by Crippen LogP contribution is -2.13. The first-order chi connectivity index (χ1) is 6.13. The molecule has 1 atom stereocenters. The minimum Gasteiger partial charge on any atom is -0.480 e. The maximum Gasteiger partial charge on any atom is 0.321 e. The summed E-state index contributed by atoms with van der Waals surface area (Å²) >= 11 is 1.53. The lowest BCUT2D eigenvalue weighted by atomic mass is 10.1. The number of carboxylic acids is 1. The van der Waals surface area contributed by atoms with E-state index in [1.54, 1.807) is 6.07 Å². The van der Waals surface area contributed by atoms with Gasteiger partial charge in [-0.2, -0.15) is 5.26 Å². The topological polar surface area (TPSA) is 61.1 Å². The van der Waals surface area contributed by atoms with Crippen molar-refractivity contribution in [2.45, 2.75) is 13.3 Å². The first kappa shape index (κ1) is 9.75. The van der Waals surface area contributed by atoms with Gasteiger partial charge in [0.2, 0.25) is 0 Å². The third-order valence-corrected chi connectivity index (χ3v) is 2.68. The zero-order valence-corrected chi connectivity index (χ0v) is 7.97. The van der Waals surface area contributed by atoms with E-state index in [1.807, 2.05) is 19.1 Å². The molecule has 0 radical (unpaired) electrons. The van der Waals surface area contributed by atoms with E-state index in [-0.39, 0.29) is 0 Å². The summed E-state index contributed by atoms with van der Waals surface area (Å²) in [5.74, 6) is -1.97. The molecule has 0 saturated carbocycles. The molecule has 0 aliphatic rings. The van der Waals surface area contributed by atoms with Crippen molar-refractivity contribution < 1.29 is 9.90 Å². The smallest absolute Gasteiger partial charge is 0.321 e. The Bertz CT molecular complexity index is 351. The molecule has 0 aliphatic carbocycles. The highest BCUT2D eigenvalue weighted by Gasteiger charge is 2.17. The molecule has 0 amide bonds. The molecule has 1 N–H and O–H groups in total. The summed E-state index contributed by atoms with van der Waals surface area (Å²) in [7, 11) is 0. The van der Waals surface area contributed by atoms with E-state index < -0.39 is 11.9 Å². The molecule has 0 aromatic carbocycles. The van der Waals surface area contributed by atoms with E-state index in [1.165, 1.54) is 11.3 Å². The maximum atomic E-state index is 10.5. The standard InChI is InChI=1S/C9H9NO2S/c1-6-2-3-8(13-6)4-7(5-10)9(11)12/h2-3,7H,4H2,1H3,(H,11,12)/t7-/m0/s1. The molecule has 0 saturated heterocycles. The molecule has 4 heteroatoms. The van der Waals surface area contributed by atoms with Crippen molar-refractivity contribution in [2.75, 3.05) is 0 Å². The van der Waals surface area contributed by atoms with Crippen molar-refractivity contribution >= 4 is 17.3 Å². The van der Waals surface area contributed by atoms with Crippen molar-refractivity contribution in [3.05, 3.63) is 21.9 Å². The van der Waals surface area contributed by atoms with Gasteiger partial charge in [0.1, 0.15) is 5.92 Å². The van der Waals surface area contributed by atoms with Crippen molar-refractivity contribution in [3.63, 3.8) is 0 Å². The van der Waals surface area contributed by atoms with Crippen LogP contribution in [0.4, 0.5) is 0 Å². The Morgan fingerprint density at radius 1 is 1.77 bits per heavy atom. The summed E-state index contributed by atoms with van der Waals surface area (Å²) in [6, 6.07) is 5.56. The summed E-state index contributed by atoms with van der Waals surface area (Å²) in [6.07, 6.45) is 0.310. The highest BCUT2D eigenvalue weighted by atomic mass is 32.1. The van der Waals surface area contributed by atoms with Crippen LogP contribution >= 0.6 is 11.3 Å². The number of aliphatic carboxylic acids is 1. The number of hydrogen-bond donors (Lipinski definition) is 1. The van der Waals surface area contributed by atoms with Crippen LogP contribution in [-0.4, -0.2) is 11.1 Å². The molecule has 0 unspecified atom stereocenters. The SMILES string of the molecule is Cc1ccc(C[C@@H](C#N)C(=O)O)s1. The number of hydrogen-bond acceptors (Lipinski definition) is 3. The lowest BCUT2D eigenvalue weighted by Gasteiger charge is -1.99. The Labute approximate surface area is 80.2 Å². The average molecular weight is 195 g/mol. The van der Waals surface area contributed by atoms with Crippen molar-refractivity contribution in [1.29, 1.82) is 5.26 Å². The lowest BCUT2D eigenvalue weighted by molar-refractivity contribution is -0.139. The summed E-state index contributed by atoms with van der Waals surface area (Å²) < 4.78 is 0. The van der Waals surface area contributed by atoms with Gasteiger partial charge in [0.25, 0.3) is 0 Å². The second-order valence-corrected chi connectivity index (χ2v) is 4.11. The van der Waals surface area contributed by atoms with Gasteiger partial charge in [-0.1, -0.05) is 0 Å². The predicted octanol–water partition coefficient (Wildman–Crippen LogP) is 1.82. The third-order valence-electron chi connectivity index (χ3n) is 1.66. The number of nitriles is 1. The molecular formula is C9H9NO2S. The largest absolute Gasteiger partial charge is 0.480 e. The van der Waals surface area contributed by atoms with Gasteiger partial charge in [0.15, 0.2) is 0 Å². The quantitative estimate of drug-likeness (QED) is 0.800. The molecule has 3 nitrogen and oxygen atoms in total. The van der Waals surface area contributed by atoms with E-state index in [0.29, 0.717) is 6.42 Å². The molecular weight excluding hydrogens is 186 g/mol. The van der Waals surface area contributed by atoms with Crippen molar-refractivity contribution in [1.82, 2.24) is 0 Å². The molecule has 13 heavy (non-hydrogen) atoms. The summed E-state index contributed by atoms with van der Waals surface area (Å²) in [6.45, 7) is 1.95. The van der Waals surface area contributed by atoms with Crippen LogP contribution in [-0.2, 0) is 11.2 Å². The van der Waals surface area contributed by atoms with Crippen LogP contribution in [0.25, 0.3) is 0 Å². The van der Waals surface area contributed by atoms with Gasteiger partial charge in [-0.25, -0.2) is 0 Å². The minimum atomic E-state index is -1.05. The molecule has 0 spiro atoms. The van der Waals surface area contributed by atoms with E-state index in [9.17, 15) is 4.79 Å². The molecule has 68 valence electrons. The van der Waals surface area contributed by atoms with Crippen LogP contribution in [0.2, 0.25) is 0 Å². The van der Waals surface area contributed by atoms with Gasteiger partial charge in [0, 0.05) is 16.2 Å². The van der Waals surface area contributed by atoms with Gasteiger partial charge in [-0.3, -0.25) is 4.79 Å². The van der Waals surface area contributed by atoms with Crippen LogP contribution in [0.15, 0.2) is 12.1 Å². The number of aryl methyl sites for hydroxylation is 1. The van der Waals surface area contributed by atoms with Crippen LogP contribution in [0.5, 0.6) is 0 Å². The Balaban J connectivity index is 2.68. The highest BCUT2D eigenvalue weighted by Crippen LogP contribution is 2.18. The molecule has 0 fully saturated rings. The van der Waals surface area contributed by atoms with E-state index in [0.717, 1.165) is 9.75 Å². The van der Waals surface area contributed by atoms with Crippen LogP contribution in [0.1, 0.15) is 9.75 Å². The summed E-state index contributed by atoms with van der Waals surface area (Å²) in [5.41, 5.74) is 0. The molecule has 1 rings (SSSR count). The fourth-order valence-corrected chi connectivity index (χ4v) is 1.92. The summed E-state index contributed by atoms with van der Waals surface area (Å²) in [5, 5.41) is 17.2. The number of carbonyl (C=O) groups is 1. The number of rotatable bonds is 3. The second-order valence-electron chi connectivity index (χ2n) is 2.74. The van der Waals surface area contributed by atoms with Gasteiger partial charge >= 0.3 is 5.97 Å². The van der Waals surface area contributed by atoms with Gasteiger partial charge in [0.05, 0.1) is 6.07 Å². The Morgan fingerprint density at radius 2 is 2.46 bits per heavy atom. The molecule has 1 heterocycles. The third kappa shape index (κ3) is 2.56. The maximum absolute atomic E-state index is 10.5. The van der Waals surface area contributed by atoms with Crippen LogP contribution in [0.3, 0.4) is 0 Å². The normalized spacial score (nSPS) is 12.0. The monoisotopic (exact) mass is 195 g/mol. The molecule has 1 aromatic heterocycles. The van der Waals surface area contributed by atoms with Crippen LogP contribution < -0.4 is 0 Å². The van der Waals surface area contributed by atoms with E-state index in [2.05, 4.69) is 0 Å². The fourth-order valence-electron chi connectivity index (χ4n) is 0.984. The first-order valence-corrected chi connectivity index (χ1v) is 4.63. The number of carboxylic acid groups (broad SMARTS) is 1. The highest BCUT2D eigenvalue weighted by molar-refractivity contribution is 7.11. The van der Waals surface area contributed by atoms with Gasteiger partial charge in [-0.05, 0) is 19.1 Å². The number of thiophene rings is 1. The summed E-state index contributed by atoms with van der Waals surface area (Å²) in [4.78, 5) is 12.6. The molecule has 1 aromatic rings. The average Bonchev–Trinajstić information content (AvgIpc) is 2.46. The molecule has 0 bridgehead atoms.